The van der Waals surface area contributed by atoms with Gasteiger partial charge in [-0.2, -0.15) is 11.8 Å². The molecule has 0 saturated carbocycles. The van der Waals surface area contributed by atoms with Gasteiger partial charge in [-0.25, -0.2) is 0 Å². The highest BCUT2D eigenvalue weighted by Gasteiger charge is 2.37. The largest absolute Gasteiger partial charge is 0.368 e. The predicted octanol–water partition coefficient (Wildman–Crippen LogP) is 2.90. The lowest BCUT2D eigenvalue weighted by Gasteiger charge is -2.33. The fourth-order valence-electron chi connectivity index (χ4n) is 2.22. The Morgan fingerprint density at radius 2 is 1.85 bits per heavy atom. The molecule has 112 valence electrons. The standard InChI is InChI=1S/C16H26N2OS/c1-5-18-16(14(17)19,11-12-20-15(2,3)4)13-9-7-6-8-10-13/h6-10,18H,5,11-12H2,1-4H3,(H2,17,19). The van der Waals surface area contributed by atoms with Gasteiger partial charge < -0.3 is 5.73 Å². The van der Waals surface area contributed by atoms with Crippen LogP contribution in [0.15, 0.2) is 30.3 Å². The molecule has 1 atom stereocenters. The number of nitrogens with one attached hydrogen (secondary N) is 1. The molecule has 1 unspecified atom stereocenters. The second-order valence-electron chi connectivity index (χ2n) is 5.88. The molecule has 0 bridgehead atoms. The topological polar surface area (TPSA) is 55.1 Å². The summed E-state index contributed by atoms with van der Waals surface area (Å²) < 4.78 is 0.187. The summed E-state index contributed by atoms with van der Waals surface area (Å²) in [6, 6.07) is 9.78. The van der Waals surface area contributed by atoms with Crippen molar-refractivity contribution in [3.05, 3.63) is 35.9 Å². The molecular weight excluding hydrogens is 268 g/mol. The molecular formula is C16H26N2OS. The van der Waals surface area contributed by atoms with Gasteiger partial charge in [-0.1, -0.05) is 58.0 Å². The molecule has 4 heteroatoms. The molecule has 0 saturated heterocycles. The molecule has 1 rings (SSSR count). The molecule has 1 amide bonds. The van der Waals surface area contributed by atoms with Crippen molar-refractivity contribution in [2.75, 3.05) is 12.3 Å². The van der Waals surface area contributed by atoms with Gasteiger partial charge in [0.15, 0.2) is 0 Å². The normalized spacial score (nSPS) is 14.8. The van der Waals surface area contributed by atoms with Crippen molar-refractivity contribution < 1.29 is 4.79 Å². The van der Waals surface area contributed by atoms with Crippen molar-refractivity contribution in [1.82, 2.24) is 5.32 Å². The summed E-state index contributed by atoms with van der Waals surface area (Å²) in [4.78, 5) is 12.1. The molecule has 1 aromatic rings. The van der Waals surface area contributed by atoms with Gasteiger partial charge in [-0.3, -0.25) is 10.1 Å². The quantitative estimate of drug-likeness (QED) is 0.813. The second kappa shape index (κ2) is 7.14. The van der Waals surface area contributed by atoms with E-state index in [-0.39, 0.29) is 10.7 Å². The maximum absolute atomic E-state index is 12.1. The summed E-state index contributed by atoms with van der Waals surface area (Å²) in [7, 11) is 0. The van der Waals surface area contributed by atoms with Crippen LogP contribution in [-0.4, -0.2) is 23.0 Å². The van der Waals surface area contributed by atoms with Crippen LogP contribution in [0.2, 0.25) is 0 Å². The monoisotopic (exact) mass is 294 g/mol. The lowest BCUT2D eigenvalue weighted by atomic mass is 9.86. The molecule has 1 aromatic carbocycles. The highest BCUT2D eigenvalue weighted by Crippen LogP contribution is 2.31. The maximum Gasteiger partial charge on any atom is 0.242 e. The SMILES string of the molecule is CCNC(CCSC(C)(C)C)(C(N)=O)c1ccccc1. The molecule has 0 heterocycles. The number of primary amides is 1. The van der Waals surface area contributed by atoms with Crippen molar-refractivity contribution in [1.29, 1.82) is 0 Å². The Balaban J connectivity index is 2.98. The molecule has 0 radical (unpaired) electrons. The third kappa shape index (κ3) is 4.53. The zero-order chi connectivity index (χ0) is 15.2. The second-order valence-corrected chi connectivity index (χ2v) is 7.80. The minimum atomic E-state index is -0.770. The molecule has 3 nitrogen and oxygen atoms in total. The van der Waals surface area contributed by atoms with Gasteiger partial charge in [0.2, 0.25) is 5.91 Å². The summed E-state index contributed by atoms with van der Waals surface area (Å²) in [5.74, 6) is 0.578. The van der Waals surface area contributed by atoms with E-state index in [1.807, 2.05) is 49.0 Å². The van der Waals surface area contributed by atoms with Crippen LogP contribution in [0, 0.1) is 0 Å². The predicted molar refractivity (Wildman–Crippen MR) is 87.8 cm³/mol. The van der Waals surface area contributed by atoms with Gasteiger partial charge in [0, 0.05) is 4.75 Å². The van der Waals surface area contributed by atoms with E-state index in [2.05, 4.69) is 26.1 Å². The van der Waals surface area contributed by atoms with Crippen molar-refractivity contribution in [2.45, 2.75) is 44.4 Å². The third-order valence-corrected chi connectivity index (χ3v) is 4.45. The molecule has 0 aliphatic rings. The number of likely N-dealkylation sites (N-methyl/N-ethyl adjacent to an activating group) is 1. The van der Waals surface area contributed by atoms with E-state index >= 15 is 0 Å². The Morgan fingerprint density at radius 1 is 1.25 bits per heavy atom. The minimum Gasteiger partial charge on any atom is -0.368 e. The van der Waals surface area contributed by atoms with Crippen LogP contribution in [0.3, 0.4) is 0 Å². The van der Waals surface area contributed by atoms with E-state index < -0.39 is 5.54 Å². The Kier molecular flexibility index (Phi) is 6.08. The zero-order valence-corrected chi connectivity index (χ0v) is 13.7. The van der Waals surface area contributed by atoms with Crippen LogP contribution in [0.1, 0.15) is 39.7 Å². The smallest absolute Gasteiger partial charge is 0.242 e. The lowest BCUT2D eigenvalue weighted by molar-refractivity contribution is -0.124. The zero-order valence-electron chi connectivity index (χ0n) is 12.9. The lowest BCUT2D eigenvalue weighted by Crippen LogP contribution is -2.53. The van der Waals surface area contributed by atoms with Gasteiger partial charge in [-0.05, 0) is 24.3 Å². The first-order valence-electron chi connectivity index (χ1n) is 7.06. The number of nitrogens with two attached hydrogens (primary N) is 1. The molecule has 3 N–H and O–H groups in total. The van der Waals surface area contributed by atoms with E-state index in [9.17, 15) is 4.79 Å². The molecule has 20 heavy (non-hydrogen) atoms. The van der Waals surface area contributed by atoms with Gasteiger partial charge in [0.1, 0.15) is 5.54 Å². The van der Waals surface area contributed by atoms with Gasteiger partial charge >= 0.3 is 0 Å². The van der Waals surface area contributed by atoms with E-state index in [0.717, 1.165) is 11.3 Å². The number of rotatable bonds is 7. The molecule has 0 aliphatic heterocycles. The van der Waals surface area contributed by atoms with Gasteiger partial charge in [0.25, 0.3) is 0 Å². The molecule has 0 aliphatic carbocycles. The average molecular weight is 294 g/mol. The summed E-state index contributed by atoms with van der Waals surface area (Å²) in [5, 5.41) is 3.31. The van der Waals surface area contributed by atoms with Gasteiger partial charge in [0.05, 0.1) is 0 Å². The van der Waals surface area contributed by atoms with Crippen molar-refractivity contribution in [3.8, 4) is 0 Å². The fourth-order valence-corrected chi connectivity index (χ4v) is 3.24. The minimum absolute atomic E-state index is 0.187. The van der Waals surface area contributed by atoms with Crippen molar-refractivity contribution in [3.63, 3.8) is 0 Å². The first-order valence-corrected chi connectivity index (χ1v) is 8.05. The number of carbonyl (C=O) groups is 1. The number of hydrogen-bond acceptors (Lipinski definition) is 3. The van der Waals surface area contributed by atoms with Crippen LogP contribution < -0.4 is 11.1 Å². The van der Waals surface area contributed by atoms with E-state index in [0.29, 0.717) is 13.0 Å². The number of amides is 1. The Morgan fingerprint density at radius 3 is 2.30 bits per heavy atom. The highest BCUT2D eigenvalue weighted by molar-refractivity contribution is 8.00. The highest BCUT2D eigenvalue weighted by atomic mass is 32.2. The van der Waals surface area contributed by atoms with Gasteiger partial charge in [-0.15, -0.1) is 0 Å². The van der Waals surface area contributed by atoms with E-state index in [4.69, 9.17) is 5.73 Å². The van der Waals surface area contributed by atoms with Crippen LogP contribution >= 0.6 is 11.8 Å². The van der Waals surface area contributed by atoms with Crippen LogP contribution in [0.4, 0.5) is 0 Å². The number of carbonyl (C=O) groups excluding carboxylic acids is 1. The Labute approximate surface area is 126 Å². The van der Waals surface area contributed by atoms with Crippen LogP contribution in [-0.2, 0) is 10.3 Å². The number of hydrogen-bond donors (Lipinski definition) is 2. The molecule has 0 fully saturated rings. The first kappa shape index (κ1) is 17.1. The number of thioether (sulfide) groups is 1. The van der Waals surface area contributed by atoms with Crippen molar-refractivity contribution in [2.24, 2.45) is 5.73 Å². The summed E-state index contributed by atoms with van der Waals surface area (Å²) in [6.45, 7) is 9.24. The van der Waals surface area contributed by atoms with Crippen LogP contribution in [0.25, 0.3) is 0 Å². The Hall–Kier alpha value is -1.00. The Bertz CT molecular complexity index is 428. The average Bonchev–Trinajstić information content (AvgIpc) is 2.37. The summed E-state index contributed by atoms with van der Waals surface area (Å²) in [5.41, 5.74) is 5.91. The number of benzene rings is 1. The maximum atomic E-state index is 12.1. The molecule has 0 aromatic heterocycles. The molecule has 0 spiro atoms. The van der Waals surface area contributed by atoms with Crippen molar-refractivity contribution >= 4 is 17.7 Å². The fraction of sp³-hybridized carbons (Fsp3) is 0.562. The first-order chi connectivity index (χ1) is 9.32. The summed E-state index contributed by atoms with van der Waals surface area (Å²) in [6.07, 6.45) is 0.697. The van der Waals surface area contributed by atoms with Crippen LogP contribution in [0.5, 0.6) is 0 Å². The van der Waals surface area contributed by atoms with E-state index in [1.54, 1.807) is 0 Å². The summed E-state index contributed by atoms with van der Waals surface area (Å²) >= 11 is 1.85. The van der Waals surface area contributed by atoms with E-state index in [1.165, 1.54) is 0 Å². The third-order valence-electron chi connectivity index (χ3n) is 3.18.